The van der Waals surface area contributed by atoms with Crippen molar-refractivity contribution in [2.24, 2.45) is 0 Å². The molecule has 94 valence electrons. The van der Waals surface area contributed by atoms with Gasteiger partial charge in [0.1, 0.15) is 0 Å². The highest BCUT2D eigenvalue weighted by molar-refractivity contribution is 5.66. The minimum Gasteiger partial charge on any atom is -0.310 e. The van der Waals surface area contributed by atoms with Crippen LogP contribution in [0, 0.1) is 6.92 Å². The first-order chi connectivity index (χ1) is 8.66. The topological polar surface area (TPSA) is 24.9 Å². The van der Waals surface area contributed by atoms with Crippen molar-refractivity contribution in [2.45, 2.75) is 33.4 Å². The van der Waals surface area contributed by atoms with Crippen LogP contribution in [0.25, 0.3) is 11.1 Å². The molecule has 2 heteroatoms. The van der Waals surface area contributed by atoms with Gasteiger partial charge in [0, 0.05) is 30.5 Å². The molecule has 2 aromatic rings. The number of nitrogens with zero attached hydrogens (tertiary/aromatic N) is 1. The fourth-order valence-electron chi connectivity index (χ4n) is 1.89. The molecule has 2 nitrogen and oxygen atoms in total. The van der Waals surface area contributed by atoms with Gasteiger partial charge < -0.3 is 5.32 Å². The summed E-state index contributed by atoms with van der Waals surface area (Å²) in [6.07, 6.45) is 3.76. The van der Waals surface area contributed by atoms with Crippen molar-refractivity contribution in [2.75, 3.05) is 0 Å². The van der Waals surface area contributed by atoms with Gasteiger partial charge >= 0.3 is 0 Å². The predicted octanol–water partition coefficient (Wildman–Crippen LogP) is 3.56. The Morgan fingerprint density at radius 3 is 2.44 bits per heavy atom. The first-order valence-electron chi connectivity index (χ1n) is 6.40. The minimum atomic E-state index is 0.519. The molecule has 0 bridgehead atoms. The molecule has 0 unspecified atom stereocenters. The minimum absolute atomic E-state index is 0.519. The fraction of sp³-hybridized carbons (Fsp3) is 0.312. The zero-order chi connectivity index (χ0) is 13.0. The van der Waals surface area contributed by atoms with Gasteiger partial charge in [0.05, 0.1) is 0 Å². The summed E-state index contributed by atoms with van der Waals surface area (Å²) in [6.45, 7) is 7.36. The Balaban J connectivity index is 2.15. The van der Waals surface area contributed by atoms with Crippen LogP contribution in [0.2, 0.25) is 0 Å². The maximum atomic E-state index is 4.19. The highest BCUT2D eigenvalue weighted by atomic mass is 14.9. The van der Waals surface area contributed by atoms with E-state index in [0.717, 1.165) is 6.54 Å². The van der Waals surface area contributed by atoms with E-state index in [9.17, 15) is 0 Å². The molecule has 0 saturated carbocycles. The normalized spacial score (nSPS) is 10.9. The van der Waals surface area contributed by atoms with Gasteiger partial charge in [-0.25, -0.2) is 0 Å². The molecule has 0 atom stereocenters. The Hall–Kier alpha value is -1.67. The maximum Gasteiger partial charge on any atom is 0.0349 e. The van der Waals surface area contributed by atoms with Crippen LogP contribution < -0.4 is 5.32 Å². The number of hydrogen-bond donors (Lipinski definition) is 1. The smallest absolute Gasteiger partial charge is 0.0349 e. The highest BCUT2D eigenvalue weighted by Crippen LogP contribution is 2.22. The molecule has 1 aromatic heterocycles. The third kappa shape index (κ3) is 3.17. The van der Waals surface area contributed by atoms with Gasteiger partial charge in [-0.1, -0.05) is 38.1 Å². The summed E-state index contributed by atoms with van der Waals surface area (Å²) in [6, 6.07) is 11.3. The van der Waals surface area contributed by atoms with Gasteiger partial charge in [0.15, 0.2) is 0 Å². The first-order valence-corrected chi connectivity index (χ1v) is 6.40. The second-order valence-electron chi connectivity index (χ2n) is 4.92. The van der Waals surface area contributed by atoms with E-state index >= 15 is 0 Å². The Labute approximate surface area is 109 Å². The number of hydrogen-bond acceptors (Lipinski definition) is 2. The standard InChI is InChI=1S/C16H20N2/c1-12(2)18-10-14-4-6-15(7-5-14)16-11-17-9-8-13(16)3/h4-9,11-12,18H,10H2,1-3H3. The molecule has 2 rings (SSSR count). The van der Waals surface area contributed by atoms with Crippen molar-refractivity contribution in [3.05, 3.63) is 53.9 Å². The van der Waals surface area contributed by atoms with Gasteiger partial charge in [-0.05, 0) is 29.7 Å². The Bertz CT molecular complexity index is 501. The van der Waals surface area contributed by atoms with Crippen LogP contribution in [-0.2, 0) is 6.54 Å². The fourth-order valence-corrected chi connectivity index (χ4v) is 1.89. The summed E-state index contributed by atoms with van der Waals surface area (Å²) in [4.78, 5) is 4.19. The number of pyridine rings is 1. The number of nitrogens with one attached hydrogen (secondary N) is 1. The molecular weight excluding hydrogens is 220 g/mol. The van der Waals surface area contributed by atoms with E-state index in [2.05, 4.69) is 55.3 Å². The van der Waals surface area contributed by atoms with E-state index in [0.29, 0.717) is 6.04 Å². The van der Waals surface area contributed by atoms with Gasteiger partial charge in [0.25, 0.3) is 0 Å². The zero-order valence-electron chi connectivity index (χ0n) is 11.3. The van der Waals surface area contributed by atoms with Crippen LogP contribution in [0.15, 0.2) is 42.7 Å². The van der Waals surface area contributed by atoms with Gasteiger partial charge in [-0.2, -0.15) is 0 Å². The number of aromatic nitrogens is 1. The SMILES string of the molecule is Cc1ccncc1-c1ccc(CNC(C)C)cc1. The molecule has 0 aliphatic carbocycles. The van der Waals surface area contributed by atoms with E-state index in [4.69, 9.17) is 0 Å². The summed E-state index contributed by atoms with van der Waals surface area (Å²) < 4.78 is 0. The summed E-state index contributed by atoms with van der Waals surface area (Å²) in [5.74, 6) is 0. The molecule has 0 saturated heterocycles. The number of rotatable bonds is 4. The van der Waals surface area contributed by atoms with E-state index < -0.39 is 0 Å². The summed E-state index contributed by atoms with van der Waals surface area (Å²) in [5.41, 5.74) is 5.02. The van der Waals surface area contributed by atoms with Crippen LogP contribution in [0.4, 0.5) is 0 Å². The highest BCUT2D eigenvalue weighted by Gasteiger charge is 2.02. The quantitative estimate of drug-likeness (QED) is 0.884. The van der Waals surface area contributed by atoms with Crippen LogP contribution in [0.3, 0.4) is 0 Å². The summed E-state index contributed by atoms with van der Waals surface area (Å²) >= 11 is 0. The van der Waals surface area contributed by atoms with Crippen molar-refractivity contribution in [3.63, 3.8) is 0 Å². The Morgan fingerprint density at radius 1 is 1.11 bits per heavy atom. The average Bonchev–Trinajstić information content (AvgIpc) is 2.38. The molecule has 0 radical (unpaired) electrons. The number of aryl methyl sites for hydroxylation is 1. The molecule has 1 N–H and O–H groups in total. The lowest BCUT2D eigenvalue weighted by Gasteiger charge is -2.09. The predicted molar refractivity (Wildman–Crippen MR) is 76.4 cm³/mol. The van der Waals surface area contributed by atoms with Crippen molar-refractivity contribution in [1.29, 1.82) is 0 Å². The molecule has 0 spiro atoms. The van der Waals surface area contributed by atoms with Crippen molar-refractivity contribution in [3.8, 4) is 11.1 Å². The lowest BCUT2D eigenvalue weighted by molar-refractivity contribution is 0.589. The number of benzene rings is 1. The second kappa shape index (κ2) is 5.78. The molecule has 1 heterocycles. The Kier molecular flexibility index (Phi) is 4.11. The third-order valence-corrected chi connectivity index (χ3v) is 3.02. The zero-order valence-corrected chi connectivity index (χ0v) is 11.3. The van der Waals surface area contributed by atoms with Gasteiger partial charge in [0.2, 0.25) is 0 Å². The monoisotopic (exact) mass is 240 g/mol. The average molecular weight is 240 g/mol. The van der Waals surface area contributed by atoms with E-state index in [-0.39, 0.29) is 0 Å². The third-order valence-electron chi connectivity index (χ3n) is 3.02. The van der Waals surface area contributed by atoms with E-state index in [1.165, 1.54) is 22.3 Å². The van der Waals surface area contributed by atoms with Crippen LogP contribution in [0.5, 0.6) is 0 Å². The summed E-state index contributed by atoms with van der Waals surface area (Å²) in [7, 11) is 0. The van der Waals surface area contributed by atoms with E-state index in [1.54, 1.807) is 0 Å². The van der Waals surface area contributed by atoms with Crippen LogP contribution in [-0.4, -0.2) is 11.0 Å². The van der Waals surface area contributed by atoms with Crippen LogP contribution >= 0.6 is 0 Å². The molecule has 18 heavy (non-hydrogen) atoms. The van der Waals surface area contributed by atoms with Crippen molar-refractivity contribution >= 4 is 0 Å². The second-order valence-corrected chi connectivity index (χ2v) is 4.92. The lowest BCUT2D eigenvalue weighted by Crippen LogP contribution is -2.21. The van der Waals surface area contributed by atoms with E-state index in [1.807, 2.05) is 18.5 Å². The molecule has 0 amide bonds. The summed E-state index contributed by atoms with van der Waals surface area (Å²) in [5, 5.41) is 3.42. The largest absolute Gasteiger partial charge is 0.310 e. The van der Waals surface area contributed by atoms with Crippen molar-refractivity contribution < 1.29 is 0 Å². The molecule has 0 fully saturated rings. The lowest BCUT2D eigenvalue weighted by atomic mass is 10.0. The Morgan fingerprint density at radius 2 is 1.83 bits per heavy atom. The molecule has 1 aromatic carbocycles. The van der Waals surface area contributed by atoms with Gasteiger partial charge in [-0.15, -0.1) is 0 Å². The molecular formula is C16H20N2. The van der Waals surface area contributed by atoms with Crippen LogP contribution in [0.1, 0.15) is 25.0 Å². The van der Waals surface area contributed by atoms with Gasteiger partial charge in [-0.3, -0.25) is 4.98 Å². The first kappa shape index (κ1) is 12.8. The van der Waals surface area contributed by atoms with Crippen molar-refractivity contribution in [1.82, 2.24) is 10.3 Å². The maximum absolute atomic E-state index is 4.19. The molecule has 0 aliphatic heterocycles. The molecule has 0 aliphatic rings.